The molecule has 0 amide bonds. The zero-order valence-electron chi connectivity index (χ0n) is 32.4. The number of hydrogen-bond donors (Lipinski definition) is 0. The molecule has 0 heterocycles. The third-order valence-electron chi connectivity index (χ3n) is 10.5. The maximum absolute atomic E-state index is 12.5. The van der Waals surface area contributed by atoms with Crippen LogP contribution < -0.4 is 24.8 Å². The zero-order valence-corrected chi connectivity index (χ0v) is 36.4. The summed E-state index contributed by atoms with van der Waals surface area (Å²) in [6.07, 6.45) is 3.38. The third kappa shape index (κ3) is 9.32. The molecule has 292 valence electrons. The van der Waals surface area contributed by atoms with Gasteiger partial charge in [0.15, 0.2) is 0 Å². The van der Waals surface area contributed by atoms with E-state index >= 15 is 0 Å². The van der Waals surface area contributed by atoms with E-state index in [0.29, 0.717) is 20.3 Å². The second-order valence-corrected chi connectivity index (χ2v) is 17.0. The van der Waals surface area contributed by atoms with Crippen LogP contribution in [0.25, 0.3) is 32.7 Å². The molecule has 0 fully saturated rings. The molecule has 0 N–H and O–H groups in total. The molecule has 56 heavy (non-hydrogen) atoms. The maximum atomic E-state index is 12.5. The molecule has 1 atom stereocenters. The van der Waals surface area contributed by atoms with Crippen LogP contribution in [0.3, 0.4) is 0 Å². The first-order valence-electron chi connectivity index (χ1n) is 17.9. The monoisotopic (exact) mass is 880 g/mol. The molecule has 1 unspecified atom stereocenters. The number of halogens is 8. The fourth-order valence-electron chi connectivity index (χ4n) is 7.79. The van der Waals surface area contributed by atoms with Gasteiger partial charge in [0, 0.05) is 10.8 Å². The molecule has 0 radical (unpaired) electrons. The average Bonchev–Trinajstić information content (AvgIpc) is 3.78. The van der Waals surface area contributed by atoms with Gasteiger partial charge in [-0.1, -0.05) is 75.9 Å². The minimum atomic E-state index is -4.41. The smallest absolute Gasteiger partial charge is 1.00 e. The summed E-state index contributed by atoms with van der Waals surface area (Å²) in [5.41, 5.74) is 9.85. The SMILES string of the molecule is CC1=CC(C)(C)c2cc3[cH-]c4cc5c(cc4c3cc21)C(C)=CC5(C)C.CC1=CC(C)[C-]=C1.FC(F)(F)c1ccc([C](=[Zr+2])c2ccc(C(F)(F)F)cc2)cc1.[Cl-].[Cl-]. The number of benzene rings is 4. The fraction of sp³-hybridized carbons (Fsp3) is 0.277. The maximum Gasteiger partial charge on any atom is -1.00 e. The molecule has 9 heteroatoms. The molecule has 0 saturated carbocycles. The molecule has 8 rings (SSSR count). The van der Waals surface area contributed by atoms with Crippen molar-refractivity contribution in [1.29, 1.82) is 0 Å². The number of rotatable bonds is 2. The first-order valence-corrected chi connectivity index (χ1v) is 19.1. The van der Waals surface area contributed by atoms with Crippen molar-refractivity contribution in [2.75, 3.05) is 0 Å². The Balaban J connectivity index is 0.000000207. The van der Waals surface area contributed by atoms with Crippen molar-refractivity contribution in [2.45, 2.75) is 78.6 Å². The van der Waals surface area contributed by atoms with Crippen LogP contribution in [0, 0.1) is 12.0 Å². The van der Waals surface area contributed by atoms with E-state index in [2.05, 4.69) is 110 Å². The first kappa shape index (κ1) is 45.3. The second kappa shape index (κ2) is 16.5. The van der Waals surface area contributed by atoms with E-state index in [1.807, 2.05) is 6.08 Å². The van der Waals surface area contributed by atoms with Crippen LogP contribution in [0.1, 0.15) is 99.9 Å². The van der Waals surface area contributed by atoms with Crippen LogP contribution in [0.2, 0.25) is 0 Å². The Morgan fingerprint density at radius 3 is 1.30 bits per heavy atom. The van der Waals surface area contributed by atoms with Crippen LogP contribution in [0.5, 0.6) is 0 Å². The molecule has 5 aromatic carbocycles. The molecule has 0 spiro atoms. The fourth-order valence-corrected chi connectivity index (χ4v) is 8.61. The van der Waals surface area contributed by atoms with Crippen molar-refractivity contribution >= 4 is 35.9 Å². The van der Waals surface area contributed by atoms with Crippen LogP contribution in [-0.4, -0.2) is 3.21 Å². The molecule has 0 nitrogen and oxygen atoms in total. The van der Waals surface area contributed by atoms with Crippen molar-refractivity contribution in [3.63, 3.8) is 0 Å². The van der Waals surface area contributed by atoms with Gasteiger partial charge in [-0.15, -0.1) is 46.7 Å². The molecule has 0 bridgehead atoms. The second-order valence-electron chi connectivity index (χ2n) is 15.7. The van der Waals surface area contributed by atoms with Gasteiger partial charge in [0.2, 0.25) is 0 Å². The number of alkyl halides is 6. The van der Waals surface area contributed by atoms with Crippen LogP contribution >= 0.6 is 0 Å². The molecule has 5 aromatic rings. The summed E-state index contributed by atoms with van der Waals surface area (Å²) in [6, 6.07) is 21.2. The molecular weight excluding hydrogens is 841 g/mol. The standard InChI is InChI=1S/C25H25.C15H8F6.C7H9.2ClH.Zr/c1-14-12-24(3,4)22-8-16-7-17-9-23-19(15(2)13-25(23,5)6)11-21(17)20(16)10-18(14)22;16-14(17,18)12-5-1-10(2-6-12)9-11-3-7-13(8-4-11)15(19,20)21;1-6-3-4-7(2)5-6;;;/h7-13H,1-6H3;1-8H;3,5,7H,1-2H3;2*1H;/q-1;;-1;;;+2/p-2. The van der Waals surface area contributed by atoms with Crippen LogP contribution in [0.15, 0.2) is 109 Å². The average molecular weight is 883 g/mol. The quantitative estimate of drug-likeness (QED) is 0.125. The Morgan fingerprint density at radius 1 is 0.643 bits per heavy atom. The summed E-state index contributed by atoms with van der Waals surface area (Å²) in [5, 5.41) is 5.57. The van der Waals surface area contributed by atoms with E-state index in [9.17, 15) is 26.3 Å². The van der Waals surface area contributed by atoms with Gasteiger partial charge in [0.1, 0.15) is 0 Å². The topological polar surface area (TPSA) is 0 Å². The van der Waals surface area contributed by atoms with E-state index in [-0.39, 0.29) is 35.6 Å². The first-order chi connectivity index (χ1) is 25.0. The Hall–Kier alpha value is -3.38. The van der Waals surface area contributed by atoms with Gasteiger partial charge in [0.25, 0.3) is 0 Å². The van der Waals surface area contributed by atoms with Crippen molar-refractivity contribution in [1.82, 2.24) is 0 Å². The van der Waals surface area contributed by atoms with Gasteiger partial charge in [0.05, 0.1) is 0 Å². The van der Waals surface area contributed by atoms with Crippen molar-refractivity contribution in [3.05, 3.63) is 159 Å². The molecule has 0 saturated heterocycles. The Kier molecular flexibility index (Phi) is 13.3. The summed E-state index contributed by atoms with van der Waals surface area (Å²) in [7, 11) is 0. The van der Waals surface area contributed by atoms with Gasteiger partial charge < -0.3 is 24.8 Å². The van der Waals surface area contributed by atoms with E-state index in [1.54, 1.807) is 0 Å². The van der Waals surface area contributed by atoms with Gasteiger partial charge in [-0.2, -0.15) is 6.08 Å². The van der Waals surface area contributed by atoms with Crippen LogP contribution in [-0.2, 0) is 47.4 Å². The molecule has 3 aliphatic carbocycles. The van der Waals surface area contributed by atoms with Gasteiger partial charge >= 0.3 is 137 Å². The summed E-state index contributed by atoms with van der Waals surface area (Å²) < 4.78 is 75.6. The van der Waals surface area contributed by atoms with Gasteiger partial charge in [-0.05, 0) is 36.1 Å². The van der Waals surface area contributed by atoms with Crippen molar-refractivity contribution < 1.29 is 75.4 Å². The van der Waals surface area contributed by atoms with E-state index < -0.39 is 23.5 Å². The largest absolute Gasteiger partial charge is 1.00 e. The number of fused-ring (bicyclic) bond motifs is 5. The Bertz CT molecular complexity index is 2250. The van der Waals surface area contributed by atoms with E-state index in [1.165, 1.54) is 84.8 Å². The Morgan fingerprint density at radius 2 is 1.02 bits per heavy atom. The zero-order chi connectivity index (χ0) is 39.5. The summed E-state index contributed by atoms with van der Waals surface area (Å²) in [6.45, 7) is 18.0. The van der Waals surface area contributed by atoms with E-state index in [4.69, 9.17) is 0 Å². The molecule has 0 aliphatic heterocycles. The number of allylic oxidation sites excluding steroid dienone is 8. The summed E-state index contributed by atoms with van der Waals surface area (Å²) >= 11 is 0.898. The Labute approximate surface area is 353 Å². The van der Waals surface area contributed by atoms with Crippen molar-refractivity contribution in [2.24, 2.45) is 5.92 Å². The van der Waals surface area contributed by atoms with Crippen LogP contribution in [0.4, 0.5) is 26.3 Å². The molecule has 3 aliphatic rings. The normalized spacial score (nSPS) is 17.3. The van der Waals surface area contributed by atoms with Crippen molar-refractivity contribution in [3.8, 4) is 0 Å². The summed E-state index contributed by atoms with van der Waals surface area (Å²) in [5.74, 6) is 0.556. The minimum absolute atomic E-state index is 0. The minimum Gasteiger partial charge on any atom is -1.00 e. The molecule has 0 aromatic heterocycles. The predicted octanol–water partition coefficient (Wildman–Crippen LogP) is 7.89. The van der Waals surface area contributed by atoms with E-state index in [0.717, 1.165) is 48.5 Å². The predicted molar refractivity (Wildman–Crippen MR) is 207 cm³/mol. The number of hydrogen-bond acceptors (Lipinski definition) is 0. The molecular formula is C47H42Cl2F6Zr-2. The van der Waals surface area contributed by atoms with Gasteiger partial charge in [-0.3, -0.25) is 6.08 Å². The van der Waals surface area contributed by atoms with Gasteiger partial charge in [-0.25, -0.2) is 11.6 Å². The summed E-state index contributed by atoms with van der Waals surface area (Å²) in [4.78, 5) is 0. The third-order valence-corrected chi connectivity index (χ3v) is 11.9.